The molecule has 0 radical (unpaired) electrons. The Morgan fingerprint density at radius 2 is 1.78 bits per heavy atom. The molecule has 1 aliphatic rings. The van der Waals surface area contributed by atoms with E-state index in [9.17, 15) is 14.0 Å². The molecule has 32 heavy (non-hydrogen) atoms. The van der Waals surface area contributed by atoms with Crippen LogP contribution in [0.25, 0.3) is 0 Å². The minimum atomic E-state index is -0.515. The maximum Gasteiger partial charge on any atom is 0.245 e. The molecule has 2 amide bonds. The summed E-state index contributed by atoms with van der Waals surface area (Å²) in [5.74, 6) is -0.660. The van der Waals surface area contributed by atoms with Gasteiger partial charge in [-0.3, -0.25) is 9.59 Å². The Kier molecular flexibility index (Phi) is 6.55. The van der Waals surface area contributed by atoms with E-state index in [4.69, 9.17) is 4.74 Å². The van der Waals surface area contributed by atoms with Crippen LogP contribution in [0.1, 0.15) is 17.5 Å². The molecule has 1 fully saturated rings. The van der Waals surface area contributed by atoms with Crippen LogP contribution in [-0.4, -0.2) is 24.6 Å². The van der Waals surface area contributed by atoms with E-state index in [1.165, 1.54) is 35.4 Å². The van der Waals surface area contributed by atoms with Gasteiger partial charge in [0.05, 0.1) is 12.1 Å². The van der Waals surface area contributed by atoms with Crippen molar-refractivity contribution >= 4 is 23.7 Å². The van der Waals surface area contributed by atoms with Crippen molar-refractivity contribution in [1.82, 2.24) is 5.43 Å². The van der Waals surface area contributed by atoms with Gasteiger partial charge < -0.3 is 9.64 Å². The first-order valence-corrected chi connectivity index (χ1v) is 10.2. The van der Waals surface area contributed by atoms with Gasteiger partial charge >= 0.3 is 0 Å². The van der Waals surface area contributed by atoms with Crippen LogP contribution in [0.4, 0.5) is 10.1 Å². The lowest BCUT2D eigenvalue weighted by atomic mass is 10.1. The summed E-state index contributed by atoms with van der Waals surface area (Å²) in [5.41, 5.74) is 4.96. The second-order valence-electron chi connectivity index (χ2n) is 7.46. The lowest BCUT2D eigenvalue weighted by molar-refractivity contribution is -0.126. The van der Waals surface area contributed by atoms with E-state index < -0.39 is 5.92 Å². The fourth-order valence-electron chi connectivity index (χ4n) is 3.41. The number of hydrazone groups is 1. The number of nitrogens with one attached hydrogen (secondary N) is 1. The molecule has 1 N–H and O–H groups in total. The van der Waals surface area contributed by atoms with Gasteiger partial charge in [-0.05, 0) is 59.7 Å². The molecule has 0 bridgehead atoms. The molecule has 7 heteroatoms. The molecule has 1 saturated heterocycles. The zero-order valence-corrected chi connectivity index (χ0v) is 17.3. The number of amides is 2. The fraction of sp³-hybridized carbons (Fsp3) is 0.160. The van der Waals surface area contributed by atoms with Crippen LogP contribution in [0.3, 0.4) is 0 Å². The molecule has 0 aromatic heterocycles. The van der Waals surface area contributed by atoms with Gasteiger partial charge in [0.2, 0.25) is 11.8 Å². The number of halogens is 1. The largest absolute Gasteiger partial charge is 0.489 e. The topological polar surface area (TPSA) is 71.0 Å². The number of rotatable bonds is 7. The van der Waals surface area contributed by atoms with E-state index in [0.717, 1.165) is 16.9 Å². The standard InChI is InChI=1S/C25H22FN3O3/c26-21-8-10-22(11-9-21)29-16-20(14-24(29)30)25(31)28-27-15-18-6-12-23(13-7-18)32-17-19-4-2-1-3-5-19/h1-13,15,20H,14,16-17H2,(H,28,31)/b27-15-/t20-/m0/s1. The lowest BCUT2D eigenvalue weighted by Gasteiger charge is -2.16. The predicted octanol–water partition coefficient (Wildman–Crippen LogP) is 3.91. The third-order valence-corrected chi connectivity index (χ3v) is 5.15. The first-order valence-electron chi connectivity index (χ1n) is 10.2. The highest BCUT2D eigenvalue weighted by atomic mass is 19.1. The number of hydrogen-bond donors (Lipinski definition) is 1. The molecule has 0 aliphatic carbocycles. The Balaban J connectivity index is 1.27. The number of benzene rings is 3. The molecule has 0 unspecified atom stereocenters. The molecular weight excluding hydrogens is 409 g/mol. The first-order chi connectivity index (χ1) is 15.6. The van der Waals surface area contributed by atoms with Crippen LogP contribution >= 0.6 is 0 Å². The molecule has 162 valence electrons. The van der Waals surface area contributed by atoms with E-state index >= 15 is 0 Å². The average Bonchev–Trinajstić information content (AvgIpc) is 3.21. The third-order valence-electron chi connectivity index (χ3n) is 5.15. The quantitative estimate of drug-likeness (QED) is 0.456. The lowest BCUT2D eigenvalue weighted by Crippen LogP contribution is -2.30. The molecule has 4 rings (SSSR count). The number of carbonyl (C=O) groups is 2. The van der Waals surface area contributed by atoms with Crippen molar-refractivity contribution in [2.24, 2.45) is 11.0 Å². The maximum absolute atomic E-state index is 13.1. The van der Waals surface area contributed by atoms with Gasteiger partial charge in [-0.1, -0.05) is 30.3 Å². The van der Waals surface area contributed by atoms with Crippen LogP contribution in [0.2, 0.25) is 0 Å². The highest BCUT2D eigenvalue weighted by molar-refractivity contribution is 6.00. The van der Waals surface area contributed by atoms with Crippen molar-refractivity contribution in [3.05, 3.63) is 95.8 Å². The van der Waals surface area contributed by atoms with Crippen molar-refractivity contribution in [2.45, 2.75) is 13.0 Å². The predicted molar refractivity (Wildman–Crippen MR) is 120 cm³/mol. The van der Waals surface area contributed by atoms with Crippen LogP contribution < -0.4 is 15.1 Å². The SMILES string of the molecule is O=C(N/N=C\c1ccc(OCc2ccccc2)cc1)[C@H]1CC(=O)N(c2ccc(F)cc2)C1. The minimum absolute atomic E-state index is 0.0895. The summed E-state index contributed by atoms with van der Waals surface area (Å²) in [4.78, 5) is 26.1. The van der Waals surface area contributed by atoms with Crippen molar-refractivity contribution in [3.8, 4) is 5.75 Å². The van der Waals surface area contributed by atoms with Gasteiger partial charge in [0, 0.05) is 18.7 Å². The number of carbonyl (C=O) groups excluding carboxylic acids is 2. The summed E-state index contributed by atoms with van der Waals surface area (Å²) in [7, 11) is 0. The molecule has 3 aromatic carbocycles. The van der Waals surface area contributed by atoms with Crippen LogP contribution in [-0.2, 0) is 16.2 Å². The molecule has 0 spiro atoms. The molecule has 0 saturated carbocycles. The molecule has 3 aromatic rings. The zero-order valence-electron chi connectivity index (χ0n) is 17.3. The number of hydrogen-bond acceptors (Lipinski definition) is 4. The van der Waals surface area contributed by atoms with Gasteiger partial charge in [0.15, 0.2) is 0 Å². The Labute approximate surface area is 185 Å². The van der Waals surface area contributed by atoms with Gasteiger partial charge in [-0.2, -0.15) is 5.10 Å². The van der Waals surface area contributed by atoms with E-state index in [2.05, 4.69) is 10.5 Å². The third kappa shape index (κ3) is 5.37. The zero-order chi connectivity index (χ0) is 22.3. The summed E-state index contributed by atoms with van der Waals surface area (Å²) in [5, 5.41) is 4.00. The average molecular weight is 431 g/mol. The van der Waals surface area contributed by atoms with Gasteiger partial charge in [-0.15, -0.1) is 0 Å². The Bertz CT molecular complexity index is 1100. The summed E-state index contributed by atoms with van der Waals surface area (Å²) in [6.45, 7) is 0.721. The Morgan fingerprint density at radius 1 is 1.06 bits per heavy atom. The summed E-state index contributed by atoms with van der Waals surface area (Å²) < 4.78 is 18.8. The summed E-state index contributed by atoms with van der Waals surface area (Å²) in [6, 6.07) is 22.9. The van der Waals surface area contributed by atoms with Crippen LogP contribution in [0.5, 0.6) is 5.75 Å². The van der Waals surface area contributed by atoms with E-state index in [1.807, 2.05) is 54.6 Å². The van der Waals surface area contributed by atoms with E-state index in [0.29, 0.717) is 12.3 Å². The molecular formula is C25H22FN3O3. The Morgan fingerprint density at radius 3 is 2.50 bits per heavy atom. The van der Waals surface area contributed by atoms with E-state index in [1.54, 1.807) is 0 Å². The second-order valence-corrected chi connectivity index (χ2v) is 7.46. The van der Waals surface area contributed by atoms with Gasteiger partial charge in [0.25, 0.3) is 0 Å². The maximum atomic E-state index is 13.1. The van der Waals surface area contributed by atoms with Crippen molar-refractivity contribution < 1.29 is 18.7 Å². The van der Waals surface area contributed by atoms with Crippen molar-refractivity contribution in [3.63, 3.8) is 0 Å². The molecule has 1 heterocycles. The van der Waals surface area contributed by atoms with Crippen LogP contribution in [0.15, 0.2) is 84.0 Å². The fourth-order valence-corrected chi connectivity index (χ4v) is 3.41. The number of anilines is 1. The Hall–Kier alpha value is -4.00. The highest BCUT2D eigenvalue weighted by Gasteiger charge is 2.35. The van der Waals surface area contributed by atoms with Crippen LogP contribution in [0, 0.1) is 11.7 Å². The summed E-state index contributed by atoms with van der Waals surface area (Å²) >= 11 is 0. The highest BCUT2D eigenvalue weighted by Crippen LogP contribution is 2.25. The van der Waals surface area contributed by atoms with Gasteiger partial charge in [0.1, 0.15) is 18.2 Å². The number of ether oxygens (including phenoxy) is 1. The minimum Gasteiger partial charge on any atom is -0.489 e. The second kappa shape index (κ2) is 9.87. The summed E-state index contributed by atoms with van der Waals surface area (Å²) in [6.07, 6.45) is 1.62. The normalized spacial score (nSPS) is 15.8. The molecule has 1 aliphatic heterocycles. The molecule has 6 nitrogen and oxygen atoms in total. The van der Waals surface area contributed by atoms with E-state index in [-0.39, 0.29) is 30.6 Å². The monoisotopic (exact) mass is 431 g/mol. The van der Waals surface area contributed by atoms with Crippen molar-refractivity contribution in [2.75, 3.05) is 11.4 Å². The van der Waals surface area contributed by atoms with Gasteiger partial charge in [-0.25, -0.2) is 9.82 Å². The smallest absolute Gasteiger partial charge is 0.245 e. The number of nitrogens with zero attached hydrogens (tertiary/aromatic N) is 2. The van der Waals surface area contributed by atoms with Crippen molar-refractivity contribution in [1.29, 1.82) is 0 Å². The first kappa shape index (κ1) is 21.2. The molecule has 1 atom stereocenters.